The average molecular weight is 860 g/mol. The Balaban J connectivity index is 2.60. The fraction of sp³-hybridized carbons (Fsp3) is 0.800. The minimum absolute atomic E-state index is 0.225. The summed E-state index contributed by atoms with van der Waals surface area (Å²) >= 11 is 0. The maximum Gasteiger partial charge on any atom is 0.397 e. The maximum absolute atomic E-state index is 13.1. The van der Waals surface area contributed by atoms with Gasteiger partial charge in [-0.3, -0.25) is 9.35 Å². The van der Waals surface area contributed by atoms with Crippen molar-refractivity contribution in [3.63, 3.8) is 0 Å². The number of aliphatic hydroxyl groups is 5. The van der Waals surface area contributed by atoms with Crippen LogP contribution in [0.2, 0.25) is 0 Å². The van der Waals surface area contributed by atoms with E-state index in [1.54, 1.807) is 6.08 Å². The van der Waals surface area contributed by atoms with Gasteiger partial charge < -0.3 is 40.3 Å². The van der Waals surface area contributed by atoms with Crippen LogP contribution < -0.4 is 5.32 Å². The van der Waals surface area contributed by atoms with Crippen LogP contribution in [0.25, 0.3) is 0 Å². The molecule has 59 heavy (non-hydrogen) atoms. The number of carbonyl (C=O) groups excluding carboxylic acids is 1. The molecule has 13 nitrogen and oxygen atoms in total. The van der Waals surface area contributed by atoms with Gasteiger partial charge >= 0.3 is 10.4 Å². The van der Waals surface area contributed by atoms with Gasteiger partial charge in [-0.15, -0.1) is 0 Å². The third-order valence-corrected chi connectivity index (χ3v) is 10.9. The topological polar surface area (TPSA) is 212 Å². The van der Waals surface area contributed by atoms with Crippen molar-refractivity contribution in [2.75, 3.05) is 13.2 Å². The number of allylic oxidation sites excluding steroid dienone is 7. The molecule has 1 amide bonds. The first-order chi connectivity index (χ1) is 28.4. The van der Waals surface area contributed by atoms with E-state index in [0.717, 1.165) is 70.6 Å². The lowest BCUT2D eigenvalue weighted by Crippen LogP contribution is -2.61. The number of nitrogens with one attached hydrogen (secondary N) is 1. The molecule has 0 aromatic heterocycles. The van der Waals surface area contributed by atoms with Gasteiger partial charge in [0.15, 0.2) is 6.29 Å². The molecule has 1 saturated heterocycles. The molecule has 1 heterocycles. The summed E-state index contributed by atoms with van der Waals surface area (Å²) in [5, 5.41) is 55.0. The smallest absolute Gasteiger partial charge is 0.394 e. The molecule has 8 atom stereocenters. The summed E-state index contributed by atoms with van der Waals surface area (Å²) in [6.45, 7) is 3.12. The summed E-state index contributed by atoms with van der Waals surface area (Å²) in [5.74, 6) is -0.724. The van der Waals surface area contributed by atoms with Crippen molar-refractivity contribution in [2.45, 2.75) is 217 Å². The number of hydrogen-bond donors (Lipinski definition) is 7. The van der Waals surface area contributed by atoms with Gasteiger partial charge in [0.1, 0.15) is 30.5 Å². The van der Waals surface area contributed by atoms with Crippen LogP contribution in [0.15, 0.2) is 48.6 Å². The summed E-state index contributed by atoms with van der Waals surface area (Å²) in [7, 11) is -5.12. The Hall–Kier alpha value is -1.98. The molecule has 0 aliphatic carbocycles. The van der Waals surface area contributed by atoms with Gasteiger partial charge in [0.2, 0.25) is 5.91 Å². The van der Waals surface area contributed by atoms with Gasteiger partial charge in [0.25, 0.3) is 0 Å². The number of hydrogen-bond acceptors (Lipinski definition) is 11. The van der Waals surface area contributed by atoms with Crippen LogP contribution in [0, 0.1) is 0 Å². The van der Waals surface area contributed by atoms with E-state index in [1.165, 1.54) is 70.3 Å². The lowest BCUT2D eigenvalue weighted by molar-refractivity contribution is -0.298. The van der Waals surface area contributed by atoms with Crippen molar-refractivity contribution in [2.24, 2.45) is 0 Å². The molecular formula is C45H81NO12S. The molecule has 344 valence electrons. The Labute approximate surface area is 356 Å². The zero-order valence-corrected chi connectivity index (χ0v) is 37.0. The predicted molar refractivity (Wildman–Crippen MR) is 233 cm³/mol. The zero-order chi connectivity index (χ0) is 43.6. The van der Waals surface area contributed by atoms with E-state index in [1.807, 2.05) is 0 Å². The minimum Gasteiger partial charge on any atom is -0.394 e. The number of aliphatic hydroxyl groups excluding tert-OH is 5. The highest BCUT2D eigenvalue weighted by Crippen LogP contribution is 2.26. The number of amides is 1. The summed E-state index contributed by atoms with van der Waals surface area (Å²) in [4.78, 5) is 13.1. The fourth-order valence-corrected chi connectivity index (χ4v) is 7.27. The molecule has 7 N–H and O–H groups in total. The van der Waals surface area contributed by atoms with E-state index in [9.17, 15) is 38.7 Å². The van der Waals surface area contributed by atoms with Gasteiger partial charge in [0.05, 0.1) is 25.4 Å². The first kappa shape index (κ1) is 55.0. The predicted octanol–water partition coefficient (Wildman–Crippen LogP) is 7.46. The molecule has 8 unspecified atom stereocenters. The molecule has 0 aromatic carbocycles. The van der Waals surface area contributed by atoms with E-state index >= 15 is 0 Å². The molecule has 0 spiro atoms. The van der Waals surface area contributed by atoms with Crippen molar-refractivity contribution in [3.05, 3.63) is 48.6 Å². The third kappa shape index (κ3) is 28.3. The molecular weight excluding hydrogens is 779 g/mol. The molecule has 14 heteroatoms. The average Bonchev–Trinajstić information content (AvgIpc) is 3.20. The highest BCUT2D eigenvalue weighted by Gasteiger charge is 2.48. The van der Waals surface area contributed by atoms with E-state index in [2.05, 4.69) is 59.8 Å². The van der Waals surface area contributed by atoms with E-state index in [4.69, 9.17) is 14.0 Å². The number of carbonyl (C=O) groups is 1. The van der Waals surface area contributed by atoms with Crippen molar-refractivity contribution >= 4 is 16.3 Å². The summed E-state index contributed by atoms with van der Waals surface area (Å²) in [5.41, 5.74) is 0. The summed E-state index contributed by atoms with van der Waals surface area (Å²) in [6.07, 6.45) is 30.6. The van der Waals surface area contributed by atoms with Gasteiger partial charge in [-0.1, -0.05) is 152 Å². The second-order valence-electron chi connectivity index (χ2n) is 15.8. The quantitative estimate of drug-likeness (QED) is 0.0184. The molecule has 1 rings (SSSR count). The Morgan fingerprint density at radius 3 is 1.68 bits per heavy atom. The molecule has 0 aromatic rings. The Morgan fingerprint density at radius 2 is 1.15 bits per heavy atom. The first-order valence-electron chi connectivity index (χ1n) is 22.6. The van der Waals surface area contributed by atoms with Crippen LogP contribution in [0.5, 0.6) is 0 Å². The van der Waals surface area contributed by atoms with Crippen LogP contribution in [-0.4, -0.2) is 107 Å². The van der Waals surface area contributed by atoms with Crippen LogP contribution in [-0.2, 0) is 28.9 Å². The lowest BCUT2D eigenvalue weighted by atomic mass is 9.99. The van der Waals surface area contributed by atoms with Crippen LogP contribution >= 0.6 is 0 Å². The molecule has 0 saturated carbocycles. The number of rotatable bonds is 37. The molecule has 1 aliphatic rings. The minimum atomic E-state index is -5.12. The van der Waals surface area contributed by atoms with Gasteiger partial charge in [-0.25, -0.2) is 4.18 Å². The zero-order valence-electron chi connectivity index (χ0n) is 36.2. The molecule has 1 aliphatic heterocycles. The van der Waals surface area contributed by atoms with Gasteiger partial charge in [0, 0.05) is 0 Å². The van der Waals surface area contributed by atoms with E-state index < -0.39 is 78.5 Å². The second kappa shape index (κ2) is 35.6. The van der Waals surface area contributed by atoms with Crippen LogP contribution in [0.4, 0.5) is 0 Å². The Morgan fingerprint density at radius 1 is 0.678 bits per heavy atom. The SMILES string of the molecule is CCCC/C=C/CC/C=C/CC/C=C/C(O)C(COC1OC(CO)C(O)C(OS(=O)(=O)O)C1O)NC(=O)C(O)CCCCCCCC/C=C\CCCCCCCCCC. The molecule has 1 fully saturated rings. The Bertz CT molecular complexity index is 1260. The molecule has 0 bridgehead atoms. The number of ether oxygens (including phenoxy) is 2. The van der Waals surface area contributed by atoms with Gasteiger partial charge in [-0.05, 0) is 64.2 Å². The van der Waals surface area contributed by atoms with E-state index in [0.29, 0.717) is 12.8 Å². The molecule has 0 radical (unpaired) electrons. The Kier molecular flexibility index (Phi) is 33.2. The van der Waals surface area contributed by atoms with Crippen LogP contribution in [0.1, 0.15) is 168 Å². The highest BCUT2D eigenvalue weighted by atomic mass is 32.3. The third-order valence-electron chi connectivity index (χ3n) is 10.4. The van der Waals surface area contributed by atoms with Crippen LogP contribution in [0.3, 0.4) is 0 Å². The summed E-state index contributed by atoms with van der Waals surface area (Å²) < 4.78 is 47.4. The maximum atomic E-state index is 13.1. The van der Waals surface area contributed by atoms with Gasteiger partial charge in [-0.2, -0.15) is 8.42 Å². The number of unbranched alkanes of at least 4 members (excludes halogenated alkanes) is 18. The summed E-state index contributed by atoms with van der Waals surface area (Å²) in [6, 6.07) is -1.14. The largest absolute Gasteiger partial charge is 0.397 e. The van der Waals surface area contributed by atoms with Crippen molar-refractivity contribution < 1.29 is 57.0 Å². The van der Waals surface area contributed by atoms with Crippen molar-refractivity contribution in [1.82, 2.24) is 5.32 Å². The van der Waals surface area contributed by atoms with Crippen molar-refractivity contribution in [3.8, 4) is 0 Å². The normalized spacial score (nSPS) is 21.9. The first-order valence-corrected chi connectivity index (χ1v) is 24.0. The fourth-order valence-electron chi connectivity index (χ4n) is 6.77. The van der Waals surface area contributed by atoms with E-state index in [-0.39, 0.29) is 6.42 Å². The lowest BCUT2D eigenvalue weighted by Gasteiger charge is -2.41. The monoisotopic (exact) mass is 860 g/mol. The highest BCUT2D eigenvalue weighted by molar-refractivity contribution is 7.80. The van der Waals surface area contributed by atoms with Crippen molar-refractivity contribution in [1.29, 1.82) is 0 Å². The second-order valence-corrected chi connectivity index (χ2v) is 16.8. The standard InChI is InChI=1S/C45H81NO12S/c1-3-5-7-9-11-13-15-17-18-19-20-21-22-24-26-28-30-32-34-39(49)44(52)46-37(38(48)33-31-29-27-25-23-16-14-12-10-8-6-4-2)36-56-45-42(51)43(58-59(53,54)55)41(50)40(35-47)57-45/h10,12,19-20,23,25,31,33,37-43,45,47-51H,3-9,11,13-18,21-22,24,26-30,32,34-36H2,1-2H3,(H,46,52)(H,53,54,55)/b12-10+,20-19-,25-23+,33-31+.